The molecule has 160 valence electrons. The molecule has 30 heavy (non-hydrogen) atoms. The van der Waals surface area contributed by atoms with Gasteiger partial charge in [0.05, 0.1) is 21.3 Å². The standard InChI is InChI=1S/C22H27N3O5/c1-28-18-11-17(12-19(29-2)20(18)30-3)22(27)25-9-6-16(7-10-25)21(26)24-14-15-5-4-8-23-13-15/h4-5,8,11-13,16H,6-7,9-10,14H2,1-3H3,(H,24,26). The van der Waals surface area contributed by atoms with E-state index in [0.717, 1.165) is 5.56 Å². The first-order valence-corrected chi connectivity index (χ1v) is 9.83. The lowest BCUT2D eigenvalue weighted by molar-refractivity contribution is -0.126. The van der Waals surface area contributed by atoms with Crippen LogP contribution >= 0.6 is 0 Å². The Hall–Kier alpha value is -3.29. The fraction of sp³-hybridized carbons (Fsp3) is 0.409. The molecule has 0 aliphatic carbocycles. The molecule has 8 heteroatoms. The molecule has 0 bridgehead atoms. The third-order valence-corrected chi connectivity index (χ3v) is 5.25. The van der Waals surface area contributed by atoms with Crippen molar-refractivity contribution in [3.05, 3.63) is 47.8 Å². The topological polar surface area (TPSA) is 90.0 Å². The lowest BCUT2D eigenvalue weighted by Crippen LogP contribution is -2.43. The van der Waals surface area contributed by atoms with Crippen LogP contribution in [0.15, 0.2) is 36.7 Å². The smallest absolute Gasteiger partial charge is 0.254 e. The minimum atomic E-state index is -0.122. The third-order valence-electron chi connectivity index (χ3n) is 5.25. The molecule has 0 radical (unpaired) electrons. The molecule has 2 amide bonds. The highest BCUT2D eigenvalue weighted by atomic mass is 16.5. The number of carbonyl (C=O) groups excluding carboxylic acids is 2. The van der Waals surface area contributed by atoms with Gasteiger partial charge in [-0.05, 0) is 36.6 Å². The SMILES string of the molecule is COc1cc(C(=O)N2CCC(C(=O)NCc3cccnc3)CC2)cc(OC)c1OC. The quantitative estimate of drug-likeness (QED) is 0.749. The second kappa shape index (κ2) is 9.96. The summed E-state index contributed by atoms with van der Waals surface area (Å²) >= 11 is 0. The van der Waals surface area contributed by atoms with E-state index < -0.39 is 0 Å². The summed E-state index contributed by atoms with van der Waals surface area (Å²) in [5.41, 5.74) is 1.42. The minimum absolute atomic E-state index is 0.0127. The van der Waals surface area contributed by atoms with E-state index >= 15 is 0 Å². The maximum atomic E-state index is 13.0. The van der Waals surface area contributed by atoms with Gasteiger partial charge in [0, 0.05) is 43.5 Å². The number of methoxy groups -OCH3 is 3. The summed E-state index contributed by atoms with van der Waals surface area (Å²) in [5, 5.41) is 2.96. The average molecular weight is 413 g/mol. The van der Waals surface area contributed by atoms with Crippen LogP contribution in [0.4, 0.5) is 0 Å². The van der Waals surface area contributed by atoms with Crippen molar-refractivity contribution in [2.45, 2.75) is 19.4 Å². The molecular weight excluding hydrogens is 386 g/mol. The number of piperidine rings is 1. The van der Waals surface area contributed by atoms with Crippen molar-refractivity contribution in [2.75, 3.05) is 34.4 Å². The molecule has 1 fully saturated rings. The van der Waals surface area contributed by atoms with E-state index in [1.165, 1.54) is 21.3 Å². The Morgan fingerprint density at radius 1 is 1.10 bits per heavy atom. The van der Waals surface area contributed by atoms with E-state index in [2.05, 4.69) is 10.3 Å². The van der Waals surface area contributed by atoms with Gasteiger partial charge < -0.3 is 24.4 Å². The number of hydrogen-bond donors (Lipinski definition) is 1. The number of amides is 2. The van der Waals surface area contributed by atoms with Gasteiger partial charge in [-0.3, -0.25) is 14.6 Å². The van der Waals surface area contributed by atoms with Crippen molar-refractivity contribution in [3.8, 4) is 17.2 Å². The number of rotatable bonds is 7. The Kier molecular flexibility index (Phi) is 7.11. The number of likely N-dealkylation sites (tertiary alicyclic amines) is 1. The van der Waals surface area contributed by atoms with Gasteiger partial charge in [-0.1, -0.05) is 6.07 Å². The van der Waals surface area contributed by atoms with Crippen LogP contribution < -0.4 is 19.5 Å². The molecule has 3 rings (SSSR count). The van der Waals surface area contributed by atoms with Crippen LogP contribution in [0.5, 0.6) is 17.2 Å². The summed E-state index contributed by atoms with van der Waals surface area (Å²) < 4.78 is 16.0. The van der Waals surface area contributed by atoms with Crippen molar-refractivity contribution in [2.24, 2.45) is 5.92 Å². The molecule has 1 aliphatic rings. The number of aromatic nitrogens is 1. The van der Waals surface area contributed by atoms with Crippen LogP contribution in [0.25, 0.3) is 0 Å². The van der Waals surface area contributed by atoms with Gasteiger partial charge in [-0.15, -0.1) is 0 Å². The number of hydrogen-bond acceptors (Lipinski definition) is 6. The van der Waals surface area contributed by atoms with Crippen molar-refractivity contribution in [3.63, 3.8) is 0 Å². The number of pyridine rings is 1. The van der Waals surface area contributed by atoms with E-state index in [4.69, 9.17) is 14.2 Å². The summed E-state index contributed by atoms with van der Waals surface area (Å²) in [5.74, 6) is 1.10. The summed E-state index contributed by atoms with van der Waals surface area (Å²) in [7, 11) is 4.55. The van der Waals surface area contributed by atoms with Crippen molar-refractivity contribution in [1.29, 1.82) is 0 Å². The fourth-order valence-corrected chi connectivity index (χ4v) is 3.57. The van der Waals surface area contributed by atoms with Crippen LogP contribution in [0, 0.1) is 5.92 Å². The second-order valence-corrected chi connectivity index (χ2v) is 7.06. The zero-order valence-electron chi connectivity index (χ0n) is 17.5. The van der Waals surface area contributed by atoms with Crippen LogP contribution in [-0.2, 0) is 11.3 Å². The molecule has 1 aliphatic heterocycles. The van der Waals surface area contributed by atoms with E-state index in [1.54, 1.807) is 29.4 Å². The van der Waals surface area contributed by atoms with Crippen LogP contribution in [0.2, 0.25) is 0 Å². The third kappa shape index (κ3) is 4.82. The normalized spacial score (nSPS) is 14.2. The van der Waals surface area contributed by atoms with E-state index in [1.807, 2.05) is 12.1 Å². The first kappa shape index (κ1) is 21.4. The predicted octanol–water partition coefficient (Wildman–Crippen LogP) is 2.28. The molecule has 1 N–H and O–H groups in total. The maximum absolute atomic E-state index is 13.0. The van der Waals surface area contributed by atoms with Crippen molar-refractivity contribution < 1.29 is 23.8 Å². The number of carbonyl (C=O) groups is 2. The molecule has 2 aromatic rings. The maximum Gasteiger partial charge on any atom is 0.254 e. The zero-order valence-corrected chi connectivity index (χ0v) is 17.5. The first-order chi connectivity index (χ1) is 14.6. The average Bonchev–Trinajstić information content (AvgIpc) is 2.81. The Morgan fingerprint density at radius 2 is 1.77 bits per heavy atom. The molecule has 0 saturated carbocycles. The fourth-order valence-electron chi connectivity index (χ4n) is 3.57. The highest BCUT2D eigenvalue weighted by molar-refractivity contribution is 5.96. The molecule has 2 heterocycles. The summed E-state index contributed by atoms with van der Waals surface area (Å²) in [6, 6.07) is 7.06. The Morgan fingerprint density at radius 3 is 2.30 bits per heavy atom. The molecule has 1 aromatic carbocycles. The van der Waals surface area contributed by atoms with Gasteiger partial charge in [0.2, 0.25) is 11.7 Å². The Labute approximate surface area is 176 Å². The highest BCUT2D eigenvalue weighted by Crippen LogP contribution is 2.38. The largest absolute Gasteiger partial charge is 0.493 e. The van der Waals surface area contributed by atoms with E-state index in [-0.39, 0.29) is 17.7 Å². The molecular formula is C22H27N3O5. The second-order valence-electron chi connectivity index (χ2n) is 7.06. The predicted molar refractivity (Wildman–Crippen MR) is 111 cm³/mol. The van der Waals surface area contributed by atoms with Crippen LogP contribution in [0.3, 0.4) is 0 Å². The summed E-state index contributed by atoms with van der Waals surface area (Å²) in [4.78, 5) is 31.3. The summed E-state index contributed by atoms with van der Waals surface area (Å²) in [6.07, 6.45) is 4.68. The molecule has 1 saturated heterocycles. The molecule has 0 atom stereocenters. The number of nitrogens with one attached hydrogen (secondary N) is 1. The summed E-state index contributed by atoms with van der Waals surface area (Å²) in [6.45, 7) is 1.48. The van der Waals surface area contributed by atoms with Crippen molar-refractivity contribution in [1.82, 2.24) is 15.2 Å². The zero-order chi connectivity index (χ0) is 21.5. The molecule has 0 unspecified atom stereocenters. The molecule has 0 spiro atoms. The monoisotopic (exact) mass is 413 g/mol. The lowest BCUT2D eigenvalue weighted by atomic mass is 9.95. The van der Waals surface area contributed by atoms with Gasteiger partial charge in [0.1, 0.15) is 0 Å². The Balaban J connectivity index is 1.59. The minimum Gasteiger partial charge on any atom is -0.493 e. The number of nitrogens with zero attached hydrogens (tertiary/aromatic N) is 2. The molecule has 1 aromatic heterocycles. The highest BCUT2D eigenvalue weighted by Gasteiger charge is 2.28. The van der Waals surface area contributed by atoms with E-state index in [9.17, 15) is 9.59 Å². The number of benzene rings is 1. The van der Waals surface area contributed by atoms with Gasteiger partial charge in [0.15, 0.2) is 11.5 Å². The van der Waals surface area contributed by atoms with Crippen LogP contribution in [-0.4, -0.2) is 56.1 Å². The van der Waals surface area contributed by atoms with Gasteiger partial charge in [0.25, 0.3) is 5.91 Å². The van der Waals surface area contributed by atoms with E-state index in [0.29, 0.717) is 55.3 Å². The lowest BCUT2D eigenvalue weighted by Gasteiger charge is -2.31. The number of ether oxygens (including phenoxy) is 3. The van der Waals surface area contributed by atoms with Gasteiger partial charge in [-0.25, -0.2) is 0 Å². The first-order valence-electron chi connectivity index (χ1n) is 9.83. The van der Waals surface area contributed by atoms with Gasteiger partial charge >= 0.3 is 0 Å². The van der Waals surface area contributed by atoms with Gasteiger partial charge in [-0.2, -0.15) is 0 Å². The molecule has 8 nitrogen and oxygen atoms in total. The van der Waals surface area contributed by atoms with Crippen molar-refractivity contribution >= 4 is 11.8 Å². The Bertz CT molecular complexity index is 855. The van der Waals surface area contributed by atoms with Crippen LogP contribution in [0.1, 0.15) is 28.8 Å².